The number of rotatable bonds is 2. The molecule has 2 saturated heterocycles. The van der Waals surface area contributed by atoms with Crippen LogP contribution < -0.4 is 0 Å². The monoisotopic (exact) mass is 416 g/mol. The van der Waals surface area contributed by atoms with Gasteiger partial charge in [0.15, 0.2) is 0 Å². The van der Waals surface area contributed by atoms with Crippen LogP contribution in [-0.2, 0) is 19.2 Å². The summed E-state index contributed by atoms with van der Waals surface area (Å²) < 4.78 is 0. The van der Waals surface area contributed by atoms with Gasteiger partial charge in [0, 0.05) is 13.6 Å². The topological polar surface area (TPSA) is 74.8 Å². The molecule has 5 fully saturated rings. The Labute approximate surface area is 179 Å². The highest BCUT2D eigenvalue weighted by molar-refractivity contribution is 6.10. The number of likely N-dealkylation sites (tertiary alicyclic amines) is 2. The van der Waals surface area contributed by atoms with Crippen LogP contribution in [0, 0.1) is 46.3 Å². The molecule has 0 N–H and O–H groups in total. The van der Waals surface area contributed by atoms with Crippen molar-refractivity contribution in [3.63, 3.8) is 0 Å². The van der Waals surface area contributed by atoms with Crippen molar-refractivity contribution >= 4 is 23.6 Å². The number of amides is 4. The standard InChI is InChI=1S/C22H30N2O4.C2H6/c1-21(2)6-5-7-22(3,9-21)10-24-19(27)15-11-8-12(16(15)20(24)28)14-13(11)17(25)23(4)18(14)26;1-2/h11-16H,5-10H2,1-4H3;1-2H3. The largest absolute Gasteiger partial charge is 0.285 e. The van der Waals surface area contributed by atoms with E-state index < -0.39 is 0 Å². The molecule has 2 bridgehead atoms. The fraction of sp³-hybridized carbons (Fsp3) is 0.833. The summed E-state index contributed by atoms with van der Waals surface area (Å²) in [5, 5.41) is 0. The first-order valence-electron chi connectivity index (χ1n) is 11.7. The molecule has 3 saturated carbocycles. The normalized spacial score (nSPS) is 43.7. The summed E-state index contributed by atoms with van der Waals surface area (Å²) in [6.07, 6.45) is 5.01. The van der Waals surface area contributed by atoms with Crippen molar-refractivity contribution in [3.05, 3.63) is 0 Å². The molecule has 0 spiro atoms. The van der Waals surface area contributed by atoms with Gasteiger partial charge in [-0.2, -0.15) is 0 Å². The van der Waals surface area contributed by atoms with Gasteiger partial charge in [-0.25, -0.2) is 0 Å². The van der Waals surface area contributed by atoms with Gasteiger partial charge in [-0.3, -0.25) is 29.0 Å². The number of carbonyl (C=O) groups is 4. The smallest absolute Gasteiger partial charge is 0.233 e. The predicted molar refractivity (Wildman–Crippen MR) is 112 cm³/mol. The van der Waals surface area contributed by atoms with E-state index in [1.807, 2.05) is 13.8 Å². The lowest BCUT2D eigenvalue weighted by molar-refractivity contribution is -0.143. The Morgan fingerprint density at radius 3 is 1.73 bits per heavy atom. The summed E-state index contributed by atoms with van der Waals surface area (Å²) in [5.74, 6) is -2.29. The highest BCUT2D eigenvalue weighted by Crippen LogP contribution is 2.64. The summed E-state index contributed by atoms with van der Waals surface area (Å²) in [4.78, 5) is 54.5. The molecule has 0 aromatic heterocycles. The van der Waals surface area contributed by atoms with Crippen molar-refractivity contribution in [2.24, 2.45) is 46.3 Å². The van der Waals surface area contributed by atoms with Crippen molar-refractivity contribution < 1.29 is 19.2 Å². The second kappa shape index (κ2) is 6.89. The number of hydrogen-bond acceptors (Lipinski definition) is 4. The van der Waals surface area contributed by atoms with Gasteiger partial charge in [0.25, 0.3) is 0 Å². The van der Waals surface area contributed by atoms with Crippen molar-refractivity contribution in [2.45, 2.75) is 66.7 Å². The minimum Gasteiger partial charge on any atom is -0.285 e. The zero-order valence-electron chi connectivity index (χ0n) is 19.2. The van der Waals surface area contributed by atoms with Crippen LogP contribution in [0.15, 0.2) is 0 Å². The maximum absolute atomic E-state index is 13.3. The molecule has 7 unspecified atom stereocenters. The SMILES string of the molecule is CC.CN1C(=O)C2C3CC(C2C1=O)C1C(=O)N(CC2(C)CCCC(C)(C)C2)C(=O)C31. The molecule has 166 valence electrons. The van der Waals surface area contributed by atoms with Crippen molar-refractivity contribution in [1.82, 2.24) is 9.80 Å². The molecule has 4 amide bonds. The fourth-order valence-corrected chi connectivity index (χ4v) is 7.78. The molecule has 2 aliphatic heterocycles. The van der Waals surface area contributed by atoms with Crippen LogP contribution in [0.25, 0.3) is 0 Å². The third kappa shape index (κ3) is 2.81. The number of nitrogens with zero attached hydrogens (tertiary/aromatic N) is 2. The van der Waals surface area contributed by atoms with E-state index in [2.05, 4.69) is 20.8 Å². The summed E-state index contributed by atoms with van der Waals surface area (Å²) >= 11 is 0. The first-order valence-corrected chi connectivity index (χ1v) is 11.7. The Bertz CT molecular complexity index is 759. The maximum Gasteiger partial charge on any atom is 0.233 e. The lowest BCUT2D eigenvalue weighted by Crippen LogP contribution is -2.44. The van der Waals surface area contributed by atoms with Gasteiger partial charge in [0.2, 0.25) is 23.6 Å². The molecule has 3 aliphatic carbocycles. The Morgan fingerprint density at radius 1 is 0.800 bits per heavy atom. The van der Waals surface area contributed by atoms with Gasteiger partial charge in [-0.05, 0) is 48.3 Å². The van der Waals surface area contributed by atoms with Gasteiger partial charge in [0.1, 0.15) is 0 Å². The van der Waals surface area contributed by atoms with Crippen LogP contribution in [0.5, 0.6) is 0 Å². The van der Waals surface area contributed by atoms with E-state index in [0.29, 0.717) is 13.0 Å². The first-order chi connectivity index (χ1) is 14.0. The zero-order valence-corrected chi connectivity index (χ0v) is 19.2. The minimum atomic E-state index is -0.387. The molecule has 30 heavy (non-hydrogen) atoms. The zero-order chi connectivity index (χ0) is 22.2. The second-order valence-corrected chi connectivity index (χ2v) is 11.2. The van der Waals surface area contributed by atoms with Gasteiger partial charge in [0.05, 0.1) is 23.7 Å². The summed E-state index contributed by atoms with van der Waals surface area (Å²) in [5.41, 5.74) is 0.181. The Balaban J connectivity index is 0.00000106. The number of carbonyl (C=O) groups excluding carboxylic acids is 4. The van der Waals surface area contributed by atoms with Crippen LogP contribution in [0.1, 0.15) is 66.7 Å². The average Bonchev–Trinajstić information content (AvgIpc) is 3.37. The van der Waals surface area contributed by atoms with Gasteiger partial charge in [-0.1, -0.05) is 41.0 Å². The molecule has 6 heteroatoms. The second-order valence-electron chi connectivity index (χ2n) is 11.2. The Morgan fingerprint density at radius 2 is 1.27 bits per heavy atom. The average molecular weight is 417 g/mol. The quantitative estimate of drug-likeness (QED) is 0.648. The summed E-state index contributed by atoms with van der Waals surface area (Å²) in [7, 11) is 1.53. The minimum absolute atomic E-state index is 0.0491. The van der Waals surface area contributed by atoms with E-state index in [1.54, 1.807) is 0 Å². The van der Waals surface area contributed by atoms with Crippen LogP contribution in [0.2, 0.25) is 0 Å². The van der Waals surface area contributed by atoms with Crippen LogP contribution in [0.3, 0.4) is 0 Å². The number of fused-ring (bicyclic) bond motifs is 8. The molecular formula is C24H36N2O4. The van der Waals surface area contributed by atoms with Crippen molar-refractivity contribution in [3.8, 4) is 0 Å². The third-order valence-electron chi connectivity index (χ3n) is 8.58. The maximum atomic E-state index is 13.3. The molecule has 0 radical (unpaired) electrons. The molecular weight excluding hydrogens is 380 g/mol. The fourth-order valence-electron chi connectivity index (χ4n) is 7.78. The van der Waals surface area contributed by atoms with E-state index in [4.69, 9.17) is 0 Å². The molecule has 2 heterocycles. The van der Waals surface area contributed by atoms with Crippen LogP contribution in [-0.4, -0.2) is 47.0 Å². The summed E-state index contributed by atoms with van der Waals surface area (Å²) in [6, 6.07) is 0. The van der Waals surface area contributed by atoms with Crippen LogP contribution in [0.4, 0.5) is 0 Å². The van der Waals surface area contributed by atoms with Crippen molar-refractivity contribution in [2.75, 3.05) is 13.6 Å². The summed E-state index contributed by atoms with van der Waals surface area (Å²) in [6.45, 7) is 11.2. The van der Waals surface area contributed by atoms with E-state index in [9.17, 15) is 19.2 Å². The van der Waals surface area contributed by atoms with E-state index in [-0.39, 0.29) is 70.0 Å². The third-order valence-corrected chi connectivity index (χ3v) is 8.58. The van der Waals surface area contributed by atoms with Gasteiger partial charge >= 0.3 is 0 Å². The lowest BCUT2D eigenvalue weighted by Gasteiger charge is -2.44. The molecule has 7 atom stereocenters. The molecule has 5 aliphatic rings. The molecule has 6 nitrogen and oxygen atoms in total. The molecule has 0 aromatic rings. The number of hydrogen-bond donors (Lipinski definition) is 0. The van der Waals surface area contributed by atoms with E-state index in [0.717, 1.165) is 19.3 Å². The van der Waals surface area contributed by atoms with Gasteiger partial charge < -0.3 is 0 Å². The van der Waals surface area contributed by atoms with E-state index in [1.165, 1.54) is 23.3 Å². The van der Waals surface area contributed by atoms with Crippen molar-refractivity contribution in [1.29, 1.82) is 0 Å². The Hall–Kier alpha value is -1.72. The first kappa shape index (κ1) is 21.5. The predicted octanol–water partition coefficient (Wildman–Crippen LogP) is 3.10. The number of imide groups is 2. The highest BCUT2D eigenvalue weighted by Gasteiger charge is 2.72. The van der Waals surface area contributed by atoms with E-state index >= 15 is 0 Å². The van der Waals surface area contributed by atoms with Crippen LogP contribution >= 0.6 is 0 Å². The molecule has 5 rings (SSSR count). The highest BCUT2D eigenvalue weighted by atomic mass is 16.2. The lowest BCUT2D eigenvalue weighted by atomic mass is 9.64. The Kier molecular flexibility index (Phi) is 4.94. The van der Waals surface area contributed by atoms with Gasteiger partial charge in [-0.15, -0.1) is 0 Å². The molecule has 0 aromatic carbocycles.